The third kappa shape index (κ3) is 2.36. The van der Waals surface area contributed by atoms with E-state index in [1.54, 1.807) is 4.90 Å². The van der Waals surface area contributed by atoms with Crippen LogP contribution in [0.2, 0.25) is 0 Å². The number of rotatable bonds is 4. The van der Waals surface area contributed by atoms with Crippen LogP contribution in [0.15, 0.2) is 0 Å². The largest absolute Gasteiger partial charge is 0.368 e. The first-order valence-electron chi connectivity index (χ1n) is 6.27. The monoisotopic (exact) mass is 224 g/mol. The number of nitrogens with zero attached hydrogens (tertiary/aromatic N) is 1. The van der Waals surface area contributed by atoms with Crippen molar-refractivity contribution in [3.8, 4) is 0 Å². The molecule has 0 bridgehead atoms. The number of hydrogen-bond donors (Lipinski definition) is 1. The Morgan fingerprint density at radius 1 is 1.06 bits per heavy atom. The Labute approximate surface area is 96.2 Å². The van der Waals surface area contributed by atoms with Gasteiger partial charge in [-0.3, -0.25) is 9.59 Å². The molecule has 0 aromatic rings. The van der Waals surface area contributed by atoms with Gasteiger partial charge in [-0.05, 0) is 25.7 Å². The summed E-state index contributed by atoms with van der Waals surface area (Å²) in [6, 6.07) is 0.264. The number of primary amides is 1. The highest BCUT2D eigenvalue weighted by molar-refractivity contribution is 5.85. The van der Waals surface area contributed by atoms with Crippen LogP contribution in [-0.4, -0.2) is 29.3 Å². The van der Waals surface area contributed by atoms with Gasteiger partial charge in [-0.1, -0.05) is 19.3 Å². The van der Waals surface area contributed by atoms with Crippen molar-refractivity contribution in [3.05, 3.63) is 0 Å². The lowest BCUT2D eigenvalue weighted by Gasteiger charge is -2.34. The number of amides is 2. The van der Waals surface area contributed by atoms with Crippen molar-refractivity contribution < 1.29 is 9.59 Å². The summed E-state index contributed by atoms with van der Waals surface area (Å²) in [5.74, 6) is -0.0588. The molecule has 16 heavy (non-hydrogen) atoms. The van der Waals surface area contributed by atoms with Crippen LogP contribution in [0.25, 0.3) is 0 Å². The normalized spacial score (nSPS) is 21.8. The number of carbonyl (C=O) groups excluding carboxylic acids is 2. The van der Waals surface area contributed by atoms with Gasteiger partial charge in [-0.15, -0.1) is 0 Å². The number of carbonyl (C=O) groups is 2. The van der Waals surface area contributed by atoms with Gasteiger partial charge in [0.05, 0.1) is 6.54 Å². The van der Waals surface area contributed by atoms with Crippen LogP contribution in [0.5, 0.6) is 0 Å². The van der Waals surface area contributed by atoms with E-state index in [0.717, 1.165) is 44.9 Å². The van der Waals surface area contributed by atoms with Gasteiger partial charge in [0.15, 0.2) is 0 Å². The van der Waals surface area contributed by atoms with Crippen molar-refractivity contribution in [3.63, 3.8) is 0 Å². The van der Waals surface area contributed by atoms with Gasteiger partial charge < -0.3 is 10.6 Å². The van der Waals surface area contributed by atoms with Crippen molar-refractivity contribution in [2.24, 2.45) is 11.7 Å². The summed E-state index contributed by atoms with van der Waals surface area (Å²) in [6.45, 7) is 0.111. The van der Waals surface area contributed by atoms with Crippen LogP contribution >= 0.6 is 0 Å². The molecule has 0 aromatic heterocycles. The Kier molecular flexibility index (Phi) is 3.46. The summed E-state index contributed by atoms with van der Waals surface area (Å²) in [5, 5.41) is 0. The second-order valence-electron chi connectivity index (χ2n) is 5.00. The molecular formula is C12H20N2O2. The van der Waals surface area contributed by atoms with E-state index >= 15 is 0 Å². The summed E-state index contributed by atoms with van der Waals surface area (Å²) in [4.78, 5) is 24.9. The van der Waals surface area contributed by atoms with Gasteiger partial charge in [-0.2, -0.15) is 0 Å². The molecule has 2 aliphatic rings. The van der Waals surface area contributed by atoms with E-state index in [-0.39, 0.29) is 30.3 Å². The maximum atomic E-state index is 12.2. The zero-order chi connectivity index (χ0) is 11.5. The minimum atomic E-state index is -0.389. The average Bonchev–Trinajstić information content (AvgIpc) is 2.63. The fraction of sp³-hybridized carbons (Fsp3) is 0.833. The second kappa shape index (κ2) is 4.85. The Morgan fingerprint density at radius 3 is 2.12 bits per heavy atom. The first-order valence-corrected chi connectivity index (χ1v) is 6.27. The molecule has 0 spiro atoms. The Bertz CT molecular complexity index is 281. The van der Waals surface area contributed by atoms with Gasteiger partial charge >= 0.3 is 0 Å². The highest BCUT2D eigenvalue weighted by Crippen LogP contribution is 2.31. The molecule has 4 heteroatoms. The van der Waals surface area contributed by atoms with E-state index in [1.165, 1.54) is 0 Å². The minimum absolute atomic E-state index is 0.111. The van der Waals surface area contributed by atoms with E-state index in [0.29, 0.717) is 0 Å². The highest BCUT2D eigenvalue weighted by atomic mass is 16.2. The van der Waals surface area contributed by atoms with Gasteiger partial charge in [0.1, 0.15) is 0 Å². The van der Waals surface area contributed by atoms with Crippen molar-refractivity contribution in [1.29, 1.82) is 0 Å². The SMILES string of the molecule is NC(=O)CN(C(=O)C1CCC1)C1CCCC1. The molecule has 90 valence electrons. The van der Waals surface area contributed by atoms with Crippen molar-refractivity contribution >= 4 is 11.8 Å². The quantitative estimate of drug-likeness (QED) is 0.775. The number of nitrogens with two attached hydrogens (primary N) is 1. The molecular weight excluding hydrogens is 204 g/mol. The zero-order valence-electron chi connectivity index (χ0n) is 9.65. The van der Waals surface area contributed by atoms with Crippen LogP contribution in [0, 0.1) is 5.92 Å². The topological polar surface area (TPSA) is 63.4 Å². The van der Waals surface area contributed by atoms with Crippen molar-refractivity contribution in [2.75, 3.05) is 6.54 Å². The fourth-order valence-electron chi connectivity index (χ4n) is 2.66. The molecule has 0 unspecified atom stereocenters. The van der Waals surface area contributed by atoms with Gasteiger partial charge in [0.2, 0.25) is 11.8 Å². The van der Waals surface area contributed by atoms with Crippen molar-refractivity contribution in [1.82, 2.24) is 4.90 Å². The Hall–Kier alpha value is -1.06. The minimum Gasteiger partial charge on any atom is -0.368 e. The molecule has 0 aromatic carbocycles. The van der Waals surface area contributed by atoms with E-state index < -0.39 is 0 Å². The second-order valence-corrected chi connectivity index (χ2v) is 5.00. The summed E-state index contributed by atoms with van der Waals surface area (Å²) >= 11 is 0. The standard InChI is InChI=1S/C12H20N2O2/c13-11(15)8-14(10-6-1-2-7-10)12(16)9-4-3-5-9/h9-10H,1-8H2,(H2,13,15). The molecule has 2 fully saturated rings. The molecule has 0 saturated heterocycles. The van der Waals surface area contributed by atoms with Gasteiger partial charge in [0, 0.05) is 12.0 Å². The van der Waals surface area contributed by atoms with E-state index in [4.69, 9.17) is 5.73 Å². The summed E-state index contributed by atoms with van der Waals surface area (Å²) in [7, 11) is 0. The first-order chi connectivity index (χ1) is 7.68. The van der Waals surface area contributed by atoms with Crippen LogP contribution in [0.4, 0.5) is 0 Å². The predicted octanol–water partition coefficient (Wildman–Crippen LogP) is 1.04. The fourth-order valence-corrected chi connectivity index (χ4v) is 2.66. The molecule has 0 heterocycles. The van der Waals surface area contributed by atoms with Gasteiger partial charge in [0.25, 0.3) is 0 Å². The van der Waals surface area contributed by atoms with E-state index in [9.17, 15) is 9.59 Å². The van der Waals surface area contributed by atoms with Crippen LogP contribution < -0.4 is 5.73 Å². The van der Waals surface area contributed by atoms with Crippen LogP contribution in [0.1, 0.15) is 44.9 Å². The summed E-state index contributed by atoms with van der Waals surface area (Å²) < 4.78 is 0. The lowest BCUT2D eigenvalue weighted by Crippen LogP contribution is -2.48. The molecule has 2 amide bonds. The number of hydrogen-bond acceptors (Lipinski definition) is 2. The molecule has 0 aliphatic heterocycles. The third-order valence-corrected chi connectivity index (χ3v) is 3.83. The maximum absolute atomic E-state index is 12.2. The molecule has 2 aliphatic carbocycles. The zero-order valence-corrected chi connectivity index (χ0v) is 9.65. The molecule has 0 radical (unpaired) electrons. The summed E-state index contributed by atoms with van der Waals surface area (Å²) in [6.07, 6.45) is 7.51. The third-order valence-electron chi connectivity index (χ3n) is 3.83. The predicted molar refractivity (Wildman–Crippen MR) is 60.5 cm³/mol. The molecule has 0 atom stereocenters. The lowest BCUT2D eigenvalue weighted by atomic mass is 9.84. The van der Waals surface area contributed by atoms with Crippen LogP contribution in [-0.2, 0) is 9.59 Å². The molecule has 4 nitrogen and oxygen atoms in total. The maximum Gasteiger partial charge on any atom is 0.237 e. The van der Waals surface area contributed by atoms with E-state index in [2.05, 4.69) is 0 Å². The molecule has 2 saturated carbocycles. The smallest absolute Gasteiger partial charge is 0.237 e. The van der Waals surface area contributed by atoms with Crippen LogP contribution in [0.3, 0.4) is 0 Å². The van der Waals surface area contributed by atoms with Crippen molar-refractivity contribution in [2.45, 2.75) is 51.0 Å². The molecule has 2 N–H and O–H groups in total. The Balaban J connectivity index is 2.00. The highest BCUT2D eigenvalue weighted by Gasteiger charge is 2.34. The Morgan fingerprint density at radius 2 is 1.69 bits per heavy atom. The lowest BCUT2D eigenvalue weighted by molar-refractivity contribution is -0.143. The average molecular weight is 224 g/mol. The summed E-state index contributed by atoms with van der Waals surface area (Å²) in [5.41, 5.74) is 5.23. The molecule has 2 rings (SSSR count). The van der Waals surface area contributed by atoms with Gasteiger partial charge in [-0.25, -0.2) is 0 Å². The van der Waals surface area contributed by atoms with E-state index in [1.807, 2.05) is 0 Å². The first kappa shape index (κ1) is 11.4.